The number of aromatic nitrogens is 2. The molecule has 2 aromatic heterocycles. The molecule has 0 amide bonds. The van der Waals surface area contributed by atoms with Gasteiger partial charge >= 0.3 is 5.97 Å². The molecule has 0 aliphatic heterocycles. The third-order valence-corrected chi connectivity index (χ3v) is 4.48. The number of fused-ring (bicyclic) bond motifs is 1. The van der Waals surface area contributed by atoms with E-state index < -0.39 is 5.97 Å². The largest absolute Gasteiger partial charge is 0.477 e. The number of carboxylic acid groups (broad SMARTS) is 1. The summed E-state index contributed by atoms with van der Waals surface area (Å²) in [7, 11) is 1.87. The molecular weight excluding hydrogens is 286 g/mol. The highest BCUT2D eigenvalue weighted by Crippen LogP contribution is 2.31. The average molecular weight is 301 g/mol. The Labute approximate surface area is 125 Å². The molecule has 1 aromatic carbocycles. The number of nitrogens with one attached hydrogen (secondary N) is 1. The molecule has 0 atom stereocenters. The number of thiophene rings is 1. The Morgan fingerprint density at radius 1 is 1.38 bits per heavy atom. The second-order valence-electron chi connectivity index (χ2n) is 4.84. The van der Waals surface area contributed by atoms with Crippen molar-refractivity contribution in [3.8, 4) is 0 Å². The standard InChI is InChI=1S/C15H15N3O2S/c1-18-9-10(7-17-18)6-16-8-12-11-4-2-3-5-13(11)21-14(12)15(19)20/h2-5,7,9,16H,6,8H2,1H3,(H,19,20). The minimum atomic E-state index is -0.866. The molecule has 0 aliphatic carbocycles. The maximum Gasteiger partial charge on any atom is 0.346 e. The molecule has 3 rings (SSSR count). The van der Waals surface area contributed by atoms with Crippen molar-refractivity contribution in [1.29, 1.82) is 0 Å². The van der Waals surface area contributed by atoms with Crippen LogP contribution in [0.2, 0.25) is 0 Å². The van der Waals surface area contributed by atoms with Crippen LogP contribution < -0.4 is 5.32 Å². The fraction of sp³-hybridized carbons (Fsp3) is 0.200. The van der Waals surface area contributed by atoms with Crippen LogP contribution in [0.25, 0.3) is 10.1 Å². The number of nitrogens with zero attached hydrogens (tertiary/aromatic N) is 2. The summed E-state index contributed by atoms with van der Waals surface area (Å²) >= 11 is 1.33. The number of hydrogen-bond donors (Lipinski definition) is 2. The van der Waals surface area contributed by atoms with E-state index in [1.54, 1.807) is 10.9 Å². The zero-order chi connectivity index (χ0) is 14.8. The molecule has 0 fully saturated rings. The van der Waals surface area contributed by atoms with E-state index in [0.29, 0.717) is 18.0 Å². The van der Waals surface area contributed by atoms with E-state index >= 15 is 0 Å². The first-order chi connectivity index (χ1) is 10.1. The number of rotatable bonds is 5. The Morgan fingerprint density at radius 2 is 2.19 bits per heavy atom. The summed E-state index contributed by atoms with van der Waals surface area (Å²) in [4.78, 5) is 11.8. The van der Waals surface area contributed by atoms with Gasteiger partial charge in [-0.25, -0.2) is 4.79 Å². The van der Waals surface area contributed by atoms with E-state index in [0.717, 1.165) is 21.2 Å². The molecule has 108 valence electrons. The van der Waals surface area contributed by atoms with E-state index in [9.17, 15) is 9.90 Å². The van der Waals surface area contributed by atoms with Crippen LogP contribution in [0, 0.1) is 0 Å². The summed E-state index contributed by atoms with van der Waals surface area (Å²) in [5, 5.41) is 17.8. The highest BCUT2D eigenvalue weighted by Gasteiger charge is 2.16. The second kappa shape index (κ2) is 5.67. The first kappa shape index (κ1) is 13.8. The van der Waals surface area contributed by atoms with Gasteiger partial charge in [-0.3, -0.25) is 4.68 Å². The quantitative estimate of drug-likeness (QED) is 0.760. The van der Waals surface area contributed by atoms with Crippen LogP contribution >= 0.6 is 11.3 Å². The average Bonchev–Trinajstić information content (AvgIpc) is 3.03. The molecule has 2 heterocycles. The van der Waals surface area contributed by atoms with E-state index in [1.165, 1.54) is 11.3 Å². The third kappa shape index (κ3) is 2.81. The van der Waals surface area contributed by atoms with Gasteiger partial charge in [0.1, 0.15) is 4.88 Å². The van der Waals surface area contributed by atoms with E-state index in [2.05, 4.69) is 10.4 Å². The summed E-state index contributed by atoms with van der Waals surface area (Å²) in [6, 6.07) is 7.79. The molecular formula is C15H15N3O2S. The van der Waals surface area contributed by atoms with Crippen molar-refractivity contribution in [3.05, 3.63) is 52.7 Å². The molecule has 3 aromatic rings. The molecule has 0 saturated heterocycles. The molecule has 6 heteroatoms. The molecule has 0 spiro atoms. The number of carboxylic acids is 1. The SMILES string of the molecule is Cn1cc(CNCc2c(C(=O)O)sc3ccccc23)cn1. The number of hydrogen-bond acceptors (Lipinski definition) is 4. The van der Waals surface area contributed by atoms with Gasteiger partial charge in [-0.05, 0) is 17.0 Å². The van der Waals surface area contributed by atoms with Crippen molar-refractivity contribution >= 4 is 27.4 Å². The molecule has 0 radical (unpaired) electrons. The highest BCUT2D eigenvalue weighted by molar-refractivity contribution is 7.21. The number of aromatic carboxylic acids is 1. The topological polar surface area (TPSA) is 67.2 Å². The van der Waals surface area contributed by atoms with Gasteiger partial charge in [0.2, 0.25) is 0 Å². The van der Waals surface area contributed by atoms with Crippen molar-refractivity contribution in [1.82, 2.24) is 15.1 Å². The maximum absolute atomic E-state index is 11.4. The van der Waals surface area contributed by atoms with Gasteiger partial charge in [-0.15, -0.1) is 11.3 Å². The fourth-order valence-electron chi connectivity index (χ4n) is 2.34. The normalized spacial score (nSPS) is 11.1. The number of aryl methyl sites for hydroxylation is 1. The van der Waals surface area contributed by atoms with Crippen molar-refractivity contribution in [2.75, 3.05) is 0 Å². The first-order valence-electron chi connectivity index (χ1n) is 6.57. The Balaban J connectivity index is 1.82. The van der Waals surface area contributed by atoms with Crippen molar-refractivity contribution < 1.29 is 9.90 Å². The van der Waals surface area contributed by atoms with Gasteiger partial charge in [0.25, 0.3) is 0 Å². The van der Waals surface area contributed by atoms with Crippen LogP contribution in [0.15, 0.2) is 36.7 Å². The monoisotopic (exact) mass is 301 g/mol. The minimum absolute atomic E-state index is 0.412. The molecule has 0 saturated carbocycles. The molecule has 2 N–H and O–H groups in total. The first-order valence-corrected chi connectivity index (χ1v) is 7.39. The van der Waals surface area contributed by atoms with E-state index in [1.807, 2.05) is 37.5 Å². The lowest BCUT2D eigenvalue weighted by atomic mass is 10.1. The van der Waals surface area contributed by atoms with Gasteiger partial charge in [-0.2, -0.15) is 5.10 Å². The lowest BCUT2D eigenvalue weighted by molar-refractivity contribution is 0.0701. The Hall–Kier alpha value is -2.18. The third-order valence-electron chi connectivity index (χ3n) is 3.28. The van der Waals surface area contributed by atoms with E-state index in [4.69, 9.17) is 0 Å². The van der Waals surface area contributed by atoms with Crippen LogP contribution in [0.1, 0.15) is 20.8 Å². The van der Waals surface area contributed by atoms with E-state index in [-0.39, 0.29) is 0 Å². The van der Waals surface area contributed by atoms with Gasteiger partial charge in [-0.1, -0.05) is 18.2 Å². The van der Waals surface area contributed by atoms with Crippen LogP contribution in [-0.4, -0.2) is 20.9 Å². The van der Waals surface area contributed by atoms with Crippen LogP contribution in [0.3, 0.4) is 0 Å². The zero-order valence-corrected chi connectivity index (χ0v) is 12.4. The summed E-state index contributed by atoms with van der Waals surface area (Å²) in [5.74, 6) is -0.866. The van der Waals surface area contributed by atoms with Crippen molar-refractivity contribution in [2.24, 2.45) is 7.05 Å². The second-order valence-corrected chi connectivity index (χ2v) is 5.89. The molecule has 0 unspecified atom stereocenters. The molecule has 0 bridgehead atoms. The maximum atomic E-state index is 11.4. The number of carbonyl (C=O) groups is 1. The van der Waals surface area contributed by atoms with Crippen LogP contribution in [0.4, 0.5) is 0 Å². The fourth-order valence-corrected chi connectivity index (χ4v) is 3.40. The Morgan fingerprint density at radius 3 is 2.90 bits per heavy atom. The lowest BCUT2D eigenvalue weighted by Gasteiger charge is -2.04. The summed E-state index contributed by atoms with van der Waals surface area (Å²) in [6.07, 6.45) is 3.74. The Bertz CT molecular complexity index is 791. The zero-order valence-electron chi connectivity index (χ0n) is 11.5. The molecule has 5 nitrogen and oxygen atoms in total. The number of benzene rings is 1. The lowest BCUT2D eigenvalue weighted by Crippen LogP contribution is -2.14. The van der Waals surface area contributed by atoms with Gasteiger partial charge in [0.05, 0.1) is 6.20 Å². The van der Waals surface area contributed by atoms with Crippen molar-refractivity contribution in [2.45, 2.75) is 13.1 Å². The van der Waals surface area contributed by atoms with Crippen LogP contribution in [-0.2, 0) is 20.1 Å². The smallest absolute Gasteiger partial charge is 0.346 e. The minimum Gasteiger partial charge on any atom is -0.477 e. The summed E-state index contributed by atoms with van der Waals surface area (Å²) in [6.45, 7) is 1.19. The van der Waals surface area contributed by atoms with Crippen molar-refractivity contribution in [3.63, 3.8) is 0 Å². The highest BCUT2D eigenvalue weighted by atomic mass is 32.1. The van der Waals surface area contributed by atoms with Gasteiger partial charge in [0, 0.05) is 36.6 Å². The Kier molecular flexibility index (Phi) is 3.72. The van der Waals surface area contributed by atoms with Crippen LogP contribution in [0.5, 0.6) is 0 Å². The summed E-state index contributed by atoms with van der Waals surface area (Å²) < 4.78 is 2.76. The predicted molar refractivity (Wildman–Crippen MR) is 82.5 cm³/mol. The predicted octanol–water partition coefficient (Wildman–Crippen LogP) is 2.62. The molecule has 0 aliphatic rings. The van der Waals surface area contributed by atoms with Gasteiger partial charge in [0.15, 0.2) is 0 Å². The van der Waals surface area contributed by atoms with Gasteiger partial charge < -0.3 is 10.4 Å². The molecule has 21 heavy (non-hydrogen) atoms. The summed E-state index contributed by atoms with van der Waals surface area (Å²) in [5.41, 5.74) is 1.93.